The minimum atomic E-state index is 0.404. The highest BCUT2D eigenvalue weighted by Gasteiger charge is 2.29. The molecule has 1 heterocycles. The summed E-state index contributed by atoms with van der Waals surface area (Å²) >= 11 is 0. The fraction of sp³-hybridized carbons (Fsp3) is 0.727. The predicted molar refractivity (Wildman–Crippen MR) is 55.1 cm³/mol. The minimum Gasteiger partial charge on any atom is -0.359 e. The lowest BCUT2D eigenvalue weighted by Gasteiger charge is -2.28. The number of nitrogens with zero attached hydrogens (tertiary/aromatic N) is 1. The lowest BCUT2D eigenvalue weighted by Crippen LogP contribution is -2.22. The van der Waals surface area contributed by atoms with E-state index in [1.54, 1.807) is 0 Å². The molecule has 0 bridgehead atoms. The summed E-state index contributed by atoms with van der Waals surface area (Å²) in [4.78, 5) is 0. The molecule has 1 N–H and O–H groups in total. The second-order valence-electron chi connectivity index (χ2n) is 4.90. The molecule has 0 spiro atoms. The van der Waals surface area contributed by atoms with Crippen LogP contribution in [0, 0.1) is 5.41 Å². The Bertz CT molecular complexity index is 328. The standard InChI is InChI=1S/C11H18N2O/c1-11(2)5-4-9-8(6-11)10(7-12-3)14-13-9/h12H,4-7H2,1-3H3. The van der Waals surface area contributed by atoms with E-state index in [9.17, 15) is 0 Å². The maximum Gasteiger partial charge on any atom is 0.153 e. The summed E-state index contributed by atoms with van der Waals surface area (Å²) in [6.07, 6.45) is 3.38. The third kappa shape index (κ3) is 1.69. The van der Waals surface area contributed by atoms with Gasteiger partial charge in [0, 0.05) is 5.56 Å². The number of fused-ring (bicyclic) bond motifs is 1. The Morgan fingerprint density at radius 1 is 1.50 bits per heavy atom. The van der Waals surface area contributed by atoms with Crippen molar-refractivity contribution in [3.63, 3.8) is 0 Å². The Morgan fingerprint density at radius 3 is 3.00 bits per heavy atom. The molecular weight excluding hydrogens is 176 g/mol. The van der Waals surface area contributed by atoms with E-state index < -0.39 is 0 Å². The van der Waals surface area contributed by atoms with Gasteiger partial charge in [-0.1, -0.05) is 19.0 Å². The molecule has 0 aliphatic heterocycles. The maximum atomic E-state index is 5.34. The lowest BCUT2D eigenvalue weighted by atomic mass is 9.76. The van der Waals surface area contributed by atoms with E-state index in [-0.39, 0.29) is 0 Å². The van der Waals surface area contributed by atoms with Crippen molar-refractivity contribution in [3.8, 4) is 0 Å². The normalized spacial score (nSPS) is 19.4. The first-order valence-corrected chi connectivity index (χ1v) is 5.23. The van der Waals surface area contributed by atoms with Crippen molar-refractivity contribution < 1.29 is 4.52 Å². The third-order valence-electron chi connectivity index (χ3n) is 2.98. The molecule has 0 saturated heterocycles. The van der Waals surface area contributed by atoms with E-state index in [1.807, 2.05) is 7.05 Å². The Morgan fingerprint density at radius 2 is 2.29 bits per heavy atom. The Labute approximate surface area is 84.9 Å². The number of nitrogens with one attached hydrogen (secondary N) is 1. The van der Waals surface area contributed by atoms with Crippen LogP contribution in [-0.4, -0.2) is 12.2 Å². The van der Waals surface area contributed by atoms with Crippen LogP contribution < -0.4 is 5.32 Å². The van der Waals surface area contributed by atoms with Crippen molar-refractivity contribution in [1.29, 1.82) is 0 Å². The molecule has 3 heteroatoms. The van der Waals surface area contributed by atoms with Crippen LogP contribution in [0.2, 0.25) is 0 Å². The van der Waals surface area contributed by atoms with Gasteiger partial charge in [0.15, 0.2) is 5.76 Å². The van der Waals surface area contributed by atoms with E-state index >= 15 is 0 Å². The summed E-state index contributed by atoms with van der Waals surface area (Å²) in [5.41, 5.74) is 2.92. The van der Waals surface area contributed by atoms with Gasteiger partial charge >= 0.3 is 0 Å². The number of rotatable bonds is 2. The van der Waals surface area contributed by atoms with Crippen LogP contribution in [0.4, 0.5) is 0 Å². The van der Waals surface area contributed by atoms with Crippen molar-refractivity contribution in [3.05, 3.63) is 17.0 Å². The highest BCUT2D eigenvalue weighted by molar-refractivity contribution is 5.27. The van der Waals surface area contributed by atoms with Gasteiger partial charge in [0.1, 0.15) is 0 Å². The summed E-state index contributed by atoms with van der Waals surface area (Å²) in [6.45, 7) is 5.41. The topological polar surface area (TPSA) is 38.1 Å². The molecule has 0 amide bonds. The fourth-order valence-electron chi connectivity index (χ4n) is 2.10. The smallest absolute Gasteiger partial charge is 0.153 e. The van der Waals surface area contributed by atoms with Gasteiger partial charge in [0.25, 0.3) is 0 Å². The molecule has 0 aromatic carbocycles. The number of hydrogen-bond acceptors (Lipinski definition) is 3. The molecule has 1 aliphatic carbocycles. The van der Waals surface area contributed by atoms with Crippen LogP contribution in [0.25, 0.3) is 0 Å². The van der Waals surface area contributed by atoms with Gasteiger partial charge in [-0.2, -0.15) is 0 Å². The first-order chi connectivity index (χ1) is 6.62. The van der Waals surface area contributed by atoms with Crippen LogP contribution in [0.1, 0.15) is 37.3 Å². The minimum absolute atomic E-state index is 0.404. The van der Waals surface area contributed by atoms with Crippen LogP contribution in [0.15, 0.2) is 4.52 Å². The Kier molecular flexibility index (Phi) is 2.35. The average Bonchev–Trinajstić information content (AvgIpc) is 2.47. The fourth-order valence-corrected chi connectivity index (χ4v) is 2.10. The van der Waals surface area contributed by atoms with Crippen molar-refractivity contribution in [2.75, 3.05) is 7.05 Å². The van der Waals surface area contributed by atoms with Gasteiger partial charge in [-0.05, 0) is 31.7 Å². The first kappa shape index (κ1) is 9.71. The van der Waals surface area contributed by atoms with Crippen LogP contribution in [0.3, 0.4) is 0 Å². The predicted octanol–water partition coefficient (Wildman–Crippen LogP) is 1.91. The molecule has 0 atom stereocenters. The molecule has 0 unspecified atom stereocenters. The quantitative estimate of drug-likeness (QED) is 0.781. The summed E-state index contributed by atoms with van der Waals surface area (Å²) in [7, 11) is 1.93. The van der Waals surface area contributed by atoms with E-state index in [4.69, 9.17) is 4.52 Å². The molecule has 1 aromatic heterocycles. The second-order valence-corrected chi connectivity index (χ2v) is 4.90. The van der Waals surface area contributed by atoms with Gasteiger partial charge in [-0.3, -0.25) is 0 Å². The zero-order valence-electron chi connectivity index (χ0n) is 9.18. The van der Waals surface area contributed by atoms with Gasteiger partial charge in [-0.25, -0.2) is 0 Å². The van der Waals surface area contributed by atoms with Crippen molar-refractivity contribution in [2.45, 2.75) is 39.7 Å². The zero-order valence-corrected chi connectivity index (χ0v) is 9.18. The Balaban J connectivity index is 2.28. The number of aromatic nitrogens is 1. The molecule has 2 rings (SSSR count). The molecule has 1 aliphatic rings. The van der Waals surface area contributed by atoms with Crippen LogP contribution in [-0.2, 0) is 19.4 Å². The summed E-state index contributed by atoms with van der Waals surface area (Å²) in [6, 6.07) is 0. The highest BCUT2D eigenvalue weighted by Crippen LogP contribution is 2.35. The van der Waals surface area contributed by atoms with Crippen LogP contribution >= 0.6 is 0 Å². The molecule has 3 nitrogen and oxygen atoms in total. The van der Waals surface area contributed by atoms with Crippen molar-refractivity contribution >= 4 is 0 Å². The SMILES string of the molecule is CNCc1onc2c1CC(C)(C)CC2. The van der Waals surface area contributed by atoms with Gasteiger partial charge in [0.2, 0.25) is 0 Å². The maximum absolute atomic E-state index is 5.34. The Hall–Kier alpha value is -0.830. The van der Waals surface area contributed by atoms with Gasteiger partial charge in [0.05, 0.1) is 12.2 Å². The van der Waals surface area contributed by atoms with Crippen molar-refractivity contribution in [2.24, 2.45) is 5.41 Å². The second kappa shape index (κ2) is 3.39. The van der Waals surface area contributed by atoms with E-state index in [2.05, 4.69) is 24.3 Å². The molecule has 0 fully saturated rings. The van der Waals surface area contributed by atoms with Crippen molar-refractivity contribution in [1.82, 2.24) is 10.5 Å². The first-order valence-electron chi connectivity index (χ1n) is 5.23. The molecule has 14 heavy (non-hydrogen) atoms. The van der Waals surface area contributed by atoms with Gasteiger partial charge in [-0.15, -0.1) is 0 Å². The largest absolute Gasteiger partial charge is 0.359 e. The monoisotopic (exact) mass is 194 g/mol. The van der Waals surface area contributed by atoms with E-state index in [1.165, 1.54) is 17.7 Å². The number of hydrogen-bond donors (Lipinski definition) is 1. The third-order valence-corrected chi connectivity index (χ3v) is 2.98. The van der Waals surface area contributed by atoms with E-state index in [0.717, 1.165) is 25.1 Å². The highest BCUT2D eigenvalue weighted by atomic mass is 16.5. The summed E-state index contributed by atoms with van der Waals surface area (Å²) in [5.74, 6) is 1.02. The van der Waals surface area contributed by atoms with Crippen LogP contribution in [0.5, 0.6) is 0 Å². The van der Waals surface area contributed by atoms with Gasteiger partial charge < -0.3 is 9.84 Å². The van der Waals surface area contributed by atoms with E-state index in [0.29, 0.717) is 5.41 Å². The number of aryl methyl sites for hydroxylation is 1. The zero-order chi connectivity index (χ0) is 10.2. The molecule has 0 radical (unpaired) electrons. The molecule has 78 valence electrons. The molecule has 0 saturated carbocycles. The lowest BCUT2D eigenvalue weighted by molar-refractivity contribution is 0.313. The summed E-state index contributed by atoms with van der Waals surface area (Å²) in [5, 5.41) is 7.24. The average molecular weight is 194 g/mol. The summed E-state index contributed by atoms with van der Waals surface area (Å²) < 4.78 is 5.34. The molecular formula is C11H18N2O. The molecule has 1 aromatic rings.